The number of phenols is 1. The molecular weight excluding hydrogens is 312 g/mol. The molecule has 0 heterocycles. The molecule has 3 nitrogen and oxygen atoms in total. The van der Waals surface area contributed by atoms with Crippen molar-refractivity contribution in [1.29, 1.82) is 0 Å². The third-order valence-electron chi connectivity index (χ3n) is 4.23. The molecule has 0 amide bonds. The molecule has 3 rings (SSSR count). The lowest BCUT2D eigenvalue weighted by Crippen LogP contribution is -1.93. The molecule has 126 valence electrons. The number of rotatable bonds is 6. The summed E-state index contributed by atoms with van der Waals surface area (Å²) in [4.78, 5) is 10.3. The summed E-state index contributed by atoms with van der Waals surface area (Å²) < 4.78 is 4.80. The van der Waals surface area contributed by atoms with Crippen molar-refractivity contribution in [2.75, 3.05) is 0 Å². The smallest absolute Gasteiger partial charge is 0.298 e. The fourth-order valence-corrected chi connectivity index (χ4v) is 2.78. The molecule has 0 aliphatic rings. The largest absolute Gasteiger partial charge is 0.507 e. The average molecular weight is 332 g/mol. The highest BCUT2D eigenvalue weighted by Crippen LogP contribution is 2.30. The van der Waals surface area contributed by atoms with E-state index in [1.807, 2.05) is 55.5 Å². The summed E-state index contributed by atoms with van der Waals surface area (Å²) in [6.07, 6.45) is 1.74. The van der Waals surface area contributed by atoms with Crippen molar-refractivity contribution in [2.24, 2.45) is 0 Å². The zero-order chi connectivity index (χ0) is 17.6. The van der Waals surface area contributed by atoms with Crippen LogP contribution in [0.3, 0.4) is 0 Å². The molecule has 3 heteroatoms. The van der Waals surface area contributed by atoms with Gasteiger partial charge >= 0.3 is 0 Å². The Hall–Kier alpha value is -3.07. The van der Waals surface area contributed by atoms with Gasteiger partial charge in [0.05, 0.1) is 0 Å². The van der Waals surface area contributed by atoms with Gasteiger partial charge in [-0.1, -0.05) is 48.0 Å². The second-order valence-electron chi connectivity index (χ2n) is 6.08. The van der Waals surface area contributed by atoms with E-state index in [0.29, 0.717) is 18.0 Å². The van der Waals surface area contributed by atoms with Crippen LogP contribution in [0.2, 0.25) is 0 Å². The zero-order valence-electron chi connectivity index (χ0n) is 14.1. The van der Waals surface area contributed by atoms with E-state index in [1.165, 1.54) is 16.7 Å². The van der Waals surface area contributed by atoms with Gasteiger partial charge in [-0.25, -0.2) is 0 Å². The van der Waals surface area contributed by atoms with Gasteiger partial charge in [-0.2, -0.15) is 0 Å². The Bertz CT molecular complexity index is 849. The van der Waals surface area contributed by atoms with Crippen LogP contribution in [0.4, 0.5) is 0 Å². The number of carbonyl (C=O) groups is 1. The highest BCUT2D eigenvalue weighted by molar-refractivity contribution is 5.71. The second kappa shape index (κ2) is 7.67. The van der Waals surface area contributed by atoms with E-state index in [2.05, 4.69) is 0 Å². The molecule has 0 saturated heterocycles. The molecule has 0 bridgehead atoms. The minimum Gasteiger partial charge on any atom is -0.507 e. The predicted octanol–water partition coefficient (Wildman–Crippen LogP) is 4.69. The minimum atomic E-state index is 0.294. The van der Waals surface area contributed by atoms with Crippen molar-refractivity contribution in [3.8, 4) is 22.6 Å². The van der Waals surface area contributed by atoms with Crippen LogP contribution < -0.4 is 4.74 Å². The van der Waals surface area contributed by atoms with Gasteiger partial charge in [-0.15, -0.1) is 0 Å². The van der Waals surface area contributed by atoms with Crippen molar-refractivity contribution >= 4 is 6.47 Å². The molecule has 0 fully saturated rings. The van der Waals surface area contributed by atoms with Gasteiger partial charge in [-0.3, -0.25) is 4.79 Å². The topological polar surface area (TPSA) is 46.5 Å². The lowest BCUT2D eigenvalue weighted by molar-refractivity contribution is -0.120. The minimum absolute atomic E-state index is 0.294. The third kappa shape index (κ3) is 4.27. The average Bonchev–Trinajstić information content (AvgIpc) is 2.63. The van der Waals surface area contributed by atoms with Crippen LogP contribution in [0, 0.1) is 6.92 Å². The fourth-order valence-electron chi connectivity index (χ4n) is 2.78. The zero-order valence-corrected chi connectivity index (χ0v) is 14.1. The Morgan fingerprint density at radius 1 is 0.880 bits per heavy atom. The first-order valence-corrected chi connectivity index (χ1v) is 8.24. The number of benzene rings is 3. The number of hydrogen-bond donors (Lipinski definition) is 1. The number of hydrogen-bond acceptors (Lipinski definition) is 3. The Balaban J connectivity index is 1.73. The number of carbonyl (C=O) groups excluding carboxylic acids is 1. The lowest BCUT2D eigenvalue weighted by Gasteiger charge is -2.09. The molecule has 0 aromatic heterocycles. The van der Waals surface area contributed by atoms with E-state index in [4.69, 9.17) is 4.74 Å². The fraction of sp³-hybridized carbons (Fsp3) is 0.136. The molecule has 0 unspecified atom stereocenters. The lowest BCUT2D eigenvalue weighted by atomic mass is 9.98. The van der Waals surface area contributed by atoms with E-state index in [9.17, 15) is 9.90 Å². The van der Waals surface area contributed by atoms with Crippen molar-refractivity contribution in [2.45, 2.75) is 19.8 Å². The number of phenolic OH excluding ortho intramolecular Hbond substituents is 1. The van der Waals surface area contributed by atoms with Crippen LogP contribution >= 0.6 is 0 Å². The van der Waals surface area contributed by atoms with E-state index < -0.39 is 0 Å². The SMILES string of the molecule is Cc1ccc(-c2cc(CCc3ccc(OC=O)cc3)ccc2O)cc1. The second-order valence-corrected chi connectivity index (χ2v) is 6.08. The van der Waals surface area contributed by atoms with Gasteiger partial charge in [0.25, 0.3) is 6.47 Å². The molecule has 0 atom stereocenters. The Kier molecular flexibility index (Phi) is 5.14. The first kappa shape index (κ1) is 16.8. The first-order valence-electron chi connectivity index (χ1n) is 8.24. The van der Waals surface area contributed by atoms with Gasteiger partial charge in [-0.05, 0) is 60.7 Å². The summed E-state index contributed by atoms with van der Waals surface area (Å²) in [5.74, 6) is 0.841. The first-order chi connectivity index (χ1) is 12.2. The summed E-state index contributed by atoms with van der Waals surface area (Å²) in [6.45, 7) is 2.48. The molecule has 0 aliphatic carbocycles. The Labute approximate surface area is 147 Å². The number of aromatic hydroxyl groups is 1. The van der Waals surface area contributed by atoms with E-state index in [0.717, 1.165) is 24.0 Å². The normalized spacial score (nSPS) is 10.4. The predicted molar refractivity (Wildman–Crippen MR) is 98.8 cm³/mol. The number of aryl methyl sites for hydroxylation is 3. The maximum Gasteiger partial charge on any atom is 0.298 e. The number of ether oxygens (including phenoxy) is 1. The molecule has 0 aliphatic heterocycles. The van der Waals surface area contributed by atoms with Gasteiger partial charge in [0.15, 0.2) is 0 Å². The summed E-state index contributed by atoms with van der Waals surface area (Å²) >= 11 is 0. The molecule has 0 saturated carbocycles. The van der Waals surface area contributed by atoms with Gasteiger partial charge in [0.1, 0.15) is 11.5 Å². The monoisotopic (exact) mass is 332 g/mol. The maximum absolute atomic E-state index is 10.3. The molecule has 3 aromatic carbocycles. The third-order valence-corrected chi connectivity index (χ3v) is 4.23. The molecule has 0 radical (unpaired) electrons. The van der Waals surface area contributed by atoms with Crippen molar-refractivity contribution < 1.29 is 14.6 Å². The van der Waals surface area contributed by atoms with Crippen LogP contribution in [0.15, 0.2) is 66.7 Å². The summed E-state index contributed by atoms with van der Waals surface area (Å²) in [5.41, 5.74) is 5.40. The van der Waals surface area contributed by atoms with Crippen molar-refractivity contribution in [1.82, 2.24) is 0 Å². The standard InChI is InChI=1S/C22H20O3/c1-16-2-9-19(10-3-16)21-14-18(8-13-22(21)24)5-4-17-6-11-20(12-7-17)25-15-23/h2-3,6-15,24H,4-5H2,1H3. The van der Waals surface area contributed by atoms with Crippen LogP contribution in [-0.4, -0.2) is 11.6 Å². The molecule has 3 aromatic rings. The van der Waals surface area contributed by atoms with E-state index in [1.54, 1.807) is 18.2 Å². The van der Waals surface area contributed by atoms with Gasteiger partial charge in [0, 0.05) is 5.56 Å². The molecule has 25 heavy (non-hydrogen) atoms. The molecular formula is C22H20O3. The maximum atomic E-state index is 10.3. The van der Waals surface area contributed by atoms with Crippen LogP contribution in [0.25, 0.3) is 11.1 Å². The highest BCUT2D eigenvalue weighted by Gasteiger charge is 2.06. The summed E-state index contributed by atoms with van der Waals surface area (Å²) in [6, 6.07) is 21.4. The van der Waals surface area contributed by atoms with E-state index >= 15 is 0 Å². The quantitative estimate of drug-likeness (QED) is 0.666. The highest BCUT2D eigenvalue weighted by atomic mass is 16.5. The van der Waals surface area contributed by atoms with Crippen LogP contribution in [-0.2, 0) is 17.6 Å². The molecule has 0 spiro atoms. The molecule has 1 N–H and O–H groups in total. The van der Waals surface area contributed by atoms with Crippen molar-refractivity contribution in [3.63, 3.8) is 0 Å². The summed E-state index contributed by atoms with van der Waals surface area (Å²) in [7, 11) is 0. The Morgan fingerprint density at radius 3 is 2.20 bits per heavy atom. The van der Waals surface area contributed by atoms with Gasteiger partial charge in [0.2, 0.25) is 0 Å². The van der Waals surface area contributed by atoms with E-state index in [-0.39, 0.29) is 0 Å². The van der Waals surface area contributed by atoms with Crippen molar-refractivity contribution in [3.05, 3.63) is 83.4 Å². The summed E-state index contributed by atoms with van der Waals surface area (Å²) in [5, 5.41) is 10.2. The van der Waals surface area contributed by atoms with Crippen LogP contribution in [0.5, 0.6) is 11.5 Å². The van der Waals surface area contributed by atoms with Gasteiger partial charge < -0.3 is 9.84 Å². The van der Waals surface area contributed by atoms with Crippen LogP contribution in [0.1, 0.15) is 16.7 Å². The Morgan fingerprint density at radius 2 is 1.52 bits per heavy atom.